The van der Waals surface area contributed by atoms with Crippen LogP contribution in [0.2, 0.25) is 0 Å². The smallest absolute Gasteiger partial charge is 0.0568 e. The van der Waals surface area contributed by atoms with Crippen LogP contribution in [0.3, 0.4) is 0 Å². The van der Waals surface area contributed by atoms with Crippen LogP contribution in [0, 0.1) is 0 Å². The van der Waals surface area contributed by atoms with Gasteiger partial charge in [-0.2, -0.15) is 10.2 Å². The molecule has 2 aromatic carbocycles. The zero-order valence-corrected chi connectivity index (χ0v) is 16.1. The number of hydrogen-bond acceptors (Lipinski definition) is 2. The van der Waals surface area contributed by atoms with Crippen LogP contribution in [0.25, 0.3) is 0 Å². The molecule has 0 N–H and O–H groups in total. The molecule has 0 aliphatic heterocycles. The Morgan fingerprint density at radius 1 is 0.692 bits per heavy atom. The number of aryl methyl sites for hydroxylation is 2. The number of allylic oxidation sites excluding steroid dienone is 2. The molecule has 136 valence electrons. The summed E-state index contributed by atoms with van der Waals surface area (Å²) in [5.74, 6) is 0. The Morgan fingerprint density at radius 2 is 1.23 bits per heavy atom. The Morgan fingerprint density at radius 3 is 1.73 bits per heavy atom. The first-order chi connectivity index (χ1) is 12.8. The number of benzene rings is 2. The van der Waals surface area contributed by atoms with E-state index < -0.39 is 0 Å². The fraction of sp³-hybridized carbons (Fsp3) is 0.333. The predicted molar refractivity (Wildman–Crippen MR) is 114 cm³/mol. The average Bonchev–Trinajstić information content (AvgIpc) is 2.69. The van der Waals surface area contributed by atoms with Crippen LogP contribution < -0.4 is 0 Å². The Hall–Kier alpha value is -2.48. The normalized spacial score (nSPS) is 11.9. The summed E-state index contributed by atoms with van der Waals surface area (Å²) in [5, 5.41) is 8.31. The molecule has 2 heteroatoms. The van der Waals surface area contributed by atoms with E-state index in [1.165, 1.54) is 24.0 Å². The second kappa shape index (κ2) is 12.0. The van der Waals surface area contributed by atoms with Gasteiger partial charge >= 0.3 is 0 Å². The van der Waals surface area contributed by atoms with Crippen molar-refractivity contribution in [2.75, 3.05) is 0 Å². The van der Waals surface area contributed by atoms with Gasteiger partial charge in [0.05, 0.1) is 12.4 Å². The van der Waals surface area contributed by atoms with E-state index in [0.29, 0.717) is 0 Å². The van der Waals surface area contributed by atoms with Gasteiger partial charge in [-0.1, -0.05) is 81.0 Å². The number of rotatable bonds is 10. The molecule has 2 rings (SSSR count). The van der Waals surface area contributed by atoms with Gasteiger partial charge in [-0.05, 0) is 54.4 Å². The van der Waals surface area contributed by atoms with E-state index in [0.717, 1.165) is 36.8 Å². The third kappa shape index (κ3) is 7.60. The molecule has 0 amide bonds. The maximum Gasteiger partial charge on any atom is 0.0568 e. The molecule has 0 heterocycles. The monoisotopic (exact) mass is 346 g/mol. The van der Waals surface area contributed by atoms with Gasteiger partial charge < -0.3 is 0 Å². The van der Waals surface area contributed by atoms with Crippen molar-refractivity contribution in [2.24, 2.45) is 10.2 Å². The summed E-state index contributed by atoms with van der Waals surface area (Å²) < 4.78 is 0. The Bertz CT molecular complexity index is 707. The van der Waals surface area contributed by atoms with Gasteiger partial charge in [-0.3, -0.25) is 0 Å². The molecule has 0 unspecified atom stereocenters. The molecule has 0 aliphatic carbocycles. The second-order valence-corrected chi connectivity index (χ2v) is 6.49. The Kier molecular flexibility index (Phi) is 9.13. The van der Waals surface area contributed by atoms with Crippen molar-refractivity contribution < 1.29 is 0 Å². The maximum atomic E-state index is 4.16. The molecule has 0 radical (unpaired) electrons. The van der Waals surface area contributed by atoms with Crippen molar-refractivity contribution in [1.29, 1.82) is 0 Å². The summed E-state index contributed by atoms with van der Waals surface area (Å²) in [6, 6.07) is 17.1. The van der Waals surface area contributed by atoms with Crippen LogP contribution in [0.4, 0.5) is 0 Å². The van der Waals surface area contributed by atoms with Crippen LogP contribution in [0.15, 0.2) is 70.9 Å². The van der Waals surface area contributed by atoms with Gasteiger partial charge in [0.25, 0.3) is 0 Å². The highest BCUT2D eigenvalue weighted by Gasteiger charge is 1.93. The molecule has 0 fully saturated rings. The quantitative estimate of drug-likeness (QED) is 0.271. The van der Waals surface area contributed by atoms with Gasteiger partial charge in [0, 0.05) is 0 Å². The van der Waals surface area contributed by atoms with Crippen LogP contribution in [0.5, 0.6) is 0 Å². The van der Waals surface area contributed by atoms with Crippen molar-refractivity contribution in [3.63, 3.8) is 0 Å². The number of unbranched alkanes of at least 4 members (excludes halogenated alkanes) is 1. The molecule has 0 saturated heterocycles. The molecule has 0 saturated carbocycles. The molecule has 0 spiro atoms. The molecule has 0 atom stereocenters. The number of hydrogen-bond donors (Lipinski definition) is 0. The standard InChI is InChI=1S/C24H30N2/c1-3-5-7-8-10-22-13-17-24(18-14-22)20-26-25-19-23-15-11-21(12-16-23)9-6-4-2/h5,7,11-20H,3-4,6,8-10H2,1-2H3/b7-5+,25-19?,26-20?. The van der Waals surface area contributed by atoms with Crippen LogP contribution >= 0.6 is 0 Å². The van der Waals surface area contributed by atoms with Crippen molar-refractivity contribution in [3.05, 3.63) is 82.9 Å². The molecular weight excluding hydrogens is 316 g/mol. The molecular formula is C24H30N2. The zero-order chi connectivity index (χ0) is 18.5. The van der Waals surface area contributed by atoms with Crippen molar-refractivity contribution >= 4 is 12.4 Å². The largest absolute Gasteiger partial charge is 0.159 e. The molecule has 0 aromatic heterocycles. The van der Waals surface area contributed by atoms with E-state index in [1.54, 1.807) is 12.4 Å². The first kappa shape index (κ1) is 19.8. The summed E-state index contributed by atoms with van der Waals surface area (Å²) >= 11 is 0. The van der Waals surface area contributed by atoms with Crippen LogP contribution in [-0.2, 0) is 12.8 Å². The third-order valence-corrected chi connectivity index (χ3v) is 4.26. The first-order valence-electron chi connectivity index (χ1n) is 9.71. The molecule has 26 heavy (non-hydrogen) atoms. The van der Waals surface area contributed by atoms with Crippen molar-refractivity contribution in [2.45, 2.75) is 52.4 Å². The Balaban J connectivity index is 1.81. The van der Waals surface area contributed by atoms with Gasteiger partial charge in [-0.25, -0.2) is 0 Å². The van der Waals surface area contributed by atoms with Crippen LogP contribution in [-0.4, -0.2) is 12.4 Å². The minimum absolute atomic E-state index is 1.07. The second-order valence-electron chi connectivity index (χ2n) is 6.49. The Labute approximate surface area is 158 Å². The molecule has 0 bridgehead atoms. The average molecular weight is 347 g/mol. The first-order valence-corrected chi connectivity index (χ1v) is 9.71. The summed E-state index contributed by atoms with van der Waals surface area (Å²) in [6.07, 6.45) is 15.0. The van der Waals surface area contributed by atoms with E-state index in [1.807, 2.05) is 0 Å². The van der Waals surface area contributed by atoms with E-state index in [9.17, 15) is 0 Å². The summed E-state index contributed by atoms with van der Waals surface area (Å²) in [6.45, 7) is 4.38. The lowest BCUT2D eigenvalue weighted by atomic mass is 10.1. The lowest BCUT2D eigenvalue weighted by Gasteiger charge is -1.99. The summed E-state index contributed by atoms with van der Waals surface area (Å²) in [5.41, 5.74) is 4.90. The fourth-order valence-electron chi connectivity index (χ4n) is 2.66. The van der Waals surface area contributed by atoms with Gasteiger partial charge in [-0.15, -0.1) is 0 Å². The lowest BCUT2D eigenvalue weighted by Crippen LogP contribution is -1.87. The van der Waals surface area contributed by atoms with Gasteiger partial charge in [0.2, 0.25) is 0 Å². The zero-order valence-electron chi connectivity index (χ0n) is 16.1. The minimum atomic E-state index is 1.07. The topological polar surface area (TPSA) is 24.7 Å². The highest BCUT2D eigenvalue weighted by molar-refractivity contribution is 5.82. The number of nitrogens with zero attached hydrogens (tertiary/aromatic N) is 2. The highest BCUT2D eigenvalue weighted by atomic mass is 15.2. The van der Waals surface area contributed by atoms with Crippen LogP contribution in [0.1, 0.15) is 61.8 Å². The predicted octanol–water partition coefficient (Wildman–Crippen LogP) is 6.38. The van der Waals surface area contributed by atoms with Gasteiger partial charge in [0.15, 0.2) is 0 Å². The van der Waals surface area contributed by atoms with E-state index in [4.69, 9.17) is 0 Å². The van der Waals surface area contributed by atoms with Crippen molar-refractivity contribution in [1.82, 2.24) is 0 Å². The fourth-order valence-corrected chi connectivity index (χ4v) is 2.66. The highest BCUT2D eigenvalue weighted by Crippen LogP contribution is 2.08. The molecule has 2 aromatic rings. The van der Waals surface area contributed by atoms with E-state index >= 15 is 0 Å². The summed E-state index contributed by atoms with van der Waals surface area (Å²) in [4.78, 5) is 0. The minimum Gasteiger partial charge on any atom is -0.159 e. The SMILES string of the molecule is CC/C=C/CCc1ccc(C=NN=Cc2ccc(CCCC)cc2)cc1. The molecule has 0 aliphatic rings. The molecule has 2 nitrogen and oxygen atoms in total. The third-order valence-electron chi connectivity index (χ3n) is 4.26. The van der Waals surface area contributed by atoms with Crippen molar-refractivity contribution in [3.8, 4) is 0 Å². The van der Waals surface area contributed by atoms with E-state index in [2.05, 4.69) is 84.7 Å². The maximum absolute atomic E-state index is 4.16. The summed E-state index contributed by atoms with van der Waals surface area (Å²) in [7, 11) is 0. The van der Waals surface area contributed by atoms with Gasteiger partial charge in [0.1, 0.15) is 0 Å². The van der Waals surface area contributed by atoms with E-state index in [-0.39, 0.29) is 0 Å². The lowest BCUT2D eigenvalue weighted by molar-refractivity contribution is 0.795.